The van der Waals surface area contributed by atoms with Crippen LogP contribution in [0.15, 0.2) is 41.6 Å². The van der Waals surface area contributed by atoms with Gasteiger partial charge in [-0.25, -0.2) is 4.79 Å². The molecule has 0 aliphatic heterocycles. The summed E-state index contributed by atoms with van der Waals surface area (Å²) in [5, 5.41) is 17.0. The van der Waals surface area contributed by atoms with Crippen LogP contribution in [0.2, 0.25) is 5.02 Å². The van der Waals surface area contributed by atoms with Gasteiger partial charge in [-0.05, 0) is 6.07 Å². The quantitative estimate of drug-likeness (QED) is 0.659. The number of carbonyl (C=O) groups is 2. The molecule has 0 aromatic heterocycles. The van der Waals surface area contributed by atoms with Crippen molar-refractivity contribution in [2.45, 2.75) is 0 Å². The van der Waals surface area contributed by atoms with Crippen LogP contribution in [-0.2, 0) is 9.59 Å². The van der Waals surface area contributed by atoms with Crippen molar-refractivity contribution in [3.8, 4) is 0 Å². The highest BCUT2D eigenvalue weighted by Crippen LogP contribution is 2.29. The summed E-state index contributed by atoms with van der Waals surface area (Å²) in [7, 11) is 0. The summed E-state index contributed by atoms with van der Waals surface area (Å²) in [5.41, 5.74) is -0.0882. The zero-order chi connectivity index (χ0) is 13.7. The Labute approximate surface area is 113 Å². The third-order valence-electron chi connectivity index (χ3n) is 2.02. The molecule has 4 nitrogen and oxygen atoms in total. The number of halogens is 2. The lowest BCUT2D eigenvalue weighted by Crippen LogP contribution is -2.06. The van der Waals surface area contributed by atoms with Crippen LogP contribution in [0.4, 0.5) is 0 Å². The second-order valence-electron chi connectivity index (χ2n) is 3.15. The normalized spacial score (nSPS) is 12.3. The van der Waals surface area contributed by atoms with Crippen LogP contribution in [0.5, 0.6) is 0 Å². The largest absolute Gasteiger partial charge is 0.515 e. The molecule has 2 N–H and O–H groups in total. The molecule has 0 bridgehead atoms. The first-order valence-corrected chi connectivity index (χ1v) is 5.47. The molecule has 6 heteroatoms. The molecule has 0 saturated carbocycles. The predicted molar refractivity (Wildman–Crippen MR) is 68.6 cm³/mol. The van der Waals surface area contributed by atoms with Crippen LogP contribution in [-0.4, -0.2) is 22.0 Å². The minimum absolute atomic E-state index is 0.187. The van der Waals surface area contributed by atoms with Crippen molar-refractivity contribution >= 4 is 40.5 Å². The standard InChI is InChI=1S/C12H8Cl2O4/c13-8-4-2-1-3-7(8)10(9(16)5-6-15)11(14)12(17)18/h1-6,15H,(H,17,18)/b6-5+,11-10?. The molecule has 0 heterocycles. The smallest absolute Gasteiger partial charge is 0.348 e. The Hall–Kier alpha value is -1.78. The molecule has 0 amide bonds. The Balaban J connectivity index is 3.49. The van der Waals surface area contributed by atoms with Crippen molar-refractivity contribution in [3.05, 3.63) is 52.2 Å². The Bertz CT molecular complexity index is 547. The van der Waals surface area contributed by atoms with Crippen LogP contribution >= 0.6 is 23.2 Å². The van der Waals surface area contributed by atoms with E-state index >= 15 is 0 Å². The van der Waals surface area contributed by atoms with E-state index in [-0.39, 0.29) is 16.2 Å². The zero-order valence-electron chi connectivity index (χ0n) is 8.93. The lowest BCUT2D eigenvalue weighted by atomic mass is 10.0. The number of carboxylic acids is 1. The maximum Gasteiger partial charge on any atom is 0.348 e. The molecule has 1 aromatic carbocycles. The van der Waals surface area contributed by atoms with Gasteiger partial charge in [0.25, 0.3) is 0 Å². The van der Waals surface area contributed by atoms with Crippen molar-refractivity contribution in [2.75, 3.05) is 0 Å². The average molecular weight is 287 g/mol. The lowest BCUT2D eigenvalue weighted by molar-refractivity contribution is -0.132. The van der Waals surface area contributed by atoms with Gasteiger partial charge < -0.3 is 10.2 Å². The lowest BCUT2D eigenvalue weighted by Gasteiger charge is -2.07. The fourth-order valence-corrected chi connectivity index (χ4v) is 1.71. The van der Waals surface area contributed by atoms with Gasteiger partial charge in [0, 0.05) is 16.7 Å². The number of aliphatic hydroxyl groups excluding tert-OH is 1. The topological polar surface area (TPSA) is 74.6 Å². The van der Waals surface area contributed by atoms with Crippen molar-refractivity contribution in [2.24, 2.45) is 0 Å². The summed E-state index contributed by atoms with van der Waals surface area (Å²) in [4.78, 5) is 22.6. The number of carbonyl (C=O) groups excluding carboxylic acids is 1. The number of aliphatic hydroxyl groups is 1. The van der Waals surface area contributed by atoms with E-state index < -0.39 is 16.8 Å². The molecule has 0 saturated heterocycles. The minimum atomic E-state index is -1.45. The maximum absolute atomic E-state index is 11.7. The minimum Gasteiger partial charge on any atom is -0.515 e. The highest BCUT2D eigenvalue weighted by Gasteiger charge is 2.21. The number of hydrogen-bond acceptors (Lipinski definition) is 3. The van der Waals surface area contributed by atoms with E-state index in [9.17, 15) is 9.59 Å². The summed E-state index contributed by atoms with van der Waals surface area (Å²) in [6, 6.07) is 6.18. The van der Waals surface area contributed by atoms with Crippen LogP contribution in [0.25, 0.3) is 5.57 Å². The Morgan fingerprint density at radius 3 is 2.33 bits per heavy atom. The summed E-state index contributed by atoms with van der Waals surface area (Å²) < 4.78 is 0. The van der Waals surface area contributed by atoms with Gasteiger partial charge in [0.1, 0.15) is 5.03 Å². The van der Waals surface area contributed by atoms with Gasteiger partial charge in [0.2, 0.25) is 0 Å². The Morgan fingerprint density at radius 2 is 1.83 bits per heavy atom. The van der Waals surface area contributed by atoms with Crippen molar-refractivity contribution < 1.29 is 19.8 Å². The number of aliphatic carboxylic acids is 1. The first-order valence-electron chi connectivity index (χ1n) is 4.72. The molecule has 0 atom stereocenters. The third-order valence-corrected chi connectivity index (χ3v) is 2.70. The van der Waals surface area contributed by atoms with Crippen LogP contribution < -0.4 is 0 Å². The molecule has 1 rings (SSSR count). The number of benzene rings is 1. The monoisotopic (exact) mass is 286 g/mol. The number of ketones is 1. The summed E-state index contributed by atoms with van der Waals surface area (Å²) in [6.07, 6.45) is 1.30. The molecular formula is C12H8Cl2O4. The van der Waals surface area contributed by atoms with E-state index in [4.69, 9.17) is 33.4 Å². The molecule has 0 radical (unpaired) electrons. The maximum atomic E-state index is 11.7. The molecule has 0 aliphatic rings. The van der Waals surface area contributed by atoms with E-state index in [0.29, 0.717) is 6.26 Å². The Morgan fingerprint density at radius 1 is 1.22 bits per heavy atom. The van der Waals surface area contributed by atoms with E-state index in [1.807, 2.05) is 0 Å². The molecule has 0 aliphatic carbocycles. The highest BCUT2D eigenvalue weighted by atomic mass is 35.5. The third kappa shape index (κ3) is 3.12. The molecule has 0 fully saturated rings. The summed E-state index contributed by atoms with van der Waals surface area (Å²) in [5.74, 6) is -2.20. The SMILES string of the molecule is O=C(O)C(Cl)=C(C(=O)/C=C/O)c1ccccc1Cl. The number of hydrogen-bond donors (Lipinski definition) is 2. The second-order valence-corrected chi connectivity index (χ2v) is 3.94. The molecule has 18 heavy (non-hydrogen) atoms. The molecule has 0 spiro atoms. The van der Waals surface area contributed by atoms with Gasteiger partial charge in [-0.1, -0.05) is 41.4 Å². The predicted octanol–water partition coefficient (Wildman–Crippen LogP) is 3.02. The molecule has 1 aromatic rings. The number of carboxylic acid groups (broad SMARTS) is 1. The van der Waals surface area contributed by atoms with Gasteiger partial charge >= 0.3 is 5.97 Å². The summed E-state index contributed by atoms with van der Waals surface area (Å²) >= 11 is 11.5. The van der Waals surface area contributed by atoms with Crippen molar-refractivity contribution in [3.63, 3.8) is 0 Å². The first kappa shape index (κ1) is 14.3. The van der Waals surface area contributed by atoms with Crippen molar-refractivity contribution in [1.82, 2.24) is 0 Å². The van der Waals surface area contributed by atoms with Gasteiger partial charge in [-0.3, -0.25) is 4.79 Å². The molecule has 94 valence electrons. The van der Waals surface area contributed by atoms with E-state index in [0.717, 1.165) is 6.08 Å². The van der Waals surface area contributed by atoms with Crippen LogP contribution in [0.3, 0.4) is 0 Å². The van der Waals surface area contributed by atoms with E-state index in [1.54, 1.807) is 12.1 Å². The van der Waals surface area contributed by atoms with Crippen LogP contribution in [0, 0.1) is 0 Å². The highest BCUT2D eigenvalue weighted by molar-refractivity contribution is 6.51. The second kappa shape index (κ2) is 6.23. The van der Waals surface area contributed by atoms with E-state index in [2.05, 4.69) is 0 Å². The average Bonchev–Trinajstić information content (AvgIpc) is 2.32. The van der Waals surface area contributed by atoms with Gasteiger partial charge in [0.05, 0.1) is 11.8 Å². The van der Waals surface area contributed by atoms with E-state index in [1.165, 1.54) is 12.1 Å². The molecular weight excluding hydrogens is 279 g/mol. The van der Waals surface area contributed by atoms with Gasteiger partial charge in [0.15, 0.2) is 5.78 Å². The Kier molecular flexibility index (Phi) is 4.95. The fourth-order valence-electron chi connectivity index (χ4n) is 1.28. The molecule has 0 unspecified atom stereocenters. The number of allylic oxidation sites excluding steroid dienone is 2. The number of rotatable bonds is 4. The van der Waals surface area contributed by atoms with Crippen LogP contribution in [0.1, 0.15) is 5.56 Å². The zero-order valence-corrected chi connectivity index (χ0v) is 10.4. The summed E-state index contributed by atoms with van der Waals surface area (Å²) in [6.45, 7) is 0. The van der Waals surface area contributed by atoms with Crippen molar-refractivity contribution in [1.29, 1.82) is 0 Å². The van der Waals surface area contributed by atoms with Gasteiger partial charge in [-0.15, -0.1) is 0 Å². The fraction of sp³-hybridized carbons (Fsp3) is 0. The first-order chi connectivity index (χ1) is 8.49. The van der Waals surface area contributed by atoms with Gasteiger partial charge in [-0.2, -0.15) is 0 Å².